The van der Waals surface area contributed by atoms with E-state index in [-0.39, 0.29) is 22.8 Å². The average molecular weight is 375 g/mol. The highest BCUT2D eigenvalue weighted by Gasteiger charge is 2.35. The molecule has 0 radical (unpaired) electrons. The first kappa shape index (κ1) is 20.6. The highest BCUT2D eigenvalue weighted by molar-refractivity contribution is 7.99. The van der Waals surface area contributed by atoms with Crippen molar-refractivity contribution in [3.63, 3.8) is 0 Å². The Labute approximate surface area is 161 Å². The van der Waals surface area contributed by atoms with Gasteiger partial charge in [0.05, 0.1) is 5.88 Å². The normalized spacial score (nSPS) is 18.4. The van der Waals surface area contributed by atoms with Gasteiger partial charge in [-0.1, -0.05) is 45.0 Å². The van der Waals surface area contributed by atoms with Crippen LogP contribution in [0.1, 0.15) is 52.7 Å². The van der Waals surface area contributed by atoms with E-state index in [2.05, 4.69) is 38.2 Å². The second-order valence-corrected chi connectivity index (χ2v) is 9.77. The number of nitrogens with one attached hydrogen (secondary N) is 1. The summed E-state index contributed by atoms with van der Waals surface area (Å²) in [5.41, 5.74) is 2.05. The van der Waals surface area contributed by atoms with Crippen LogP contribution in [-0.2, 0) is 15.0 Å². The van der Waals surface area contributed by atoms with Gasteiger partial charge in [-0.15, -0.1) is 11.8 Å². The minimum atomic E-state index is -0.403. The zero-order chi connectivity index (χ0) is 19.5. The second kappa shape index (κ2) is 7.87. The molecule has 2 rings (SSSR count). The van der Waals surface area contributed by atoms with Crippen molar-refractivity contribution >= 4 is 29.7 Å². The Hall–Kier alpha value is -1.75. The number of thioether (sulfide) groups is 1. The molecule has 0 aromatic heterocycles. The molecule has 1 unspecified atom stereocenters. The van der Waals surface area contributed by atoms with Crippen LogP contribution in [0, 0.1) is 0 Å². The molecule has 0 saturated carbocycles. The van der Waals surface area contributed by atoms with E-state index in [1.807, 2.05) is 39.0 Å². The van der Waals surface area contributed by atoms with E-state index in [1.165, 1.54) is 5.56 Å². The minimum absolute atomic E-state index is 0.0845. The molecular weight excluding hydrogens is 344 g/mol. The molecule has 1 N–H and O–H groups in total. The molecule has 2 amide bonds. The lowest BCUT2D eigenvalue weighted by molar-refractivity contribution is -0.135. The highest BCUT2D eigenvalue weighted by Crippen LogP contribution is 2.24. The summed E-state index contributed by atoms with van der Waals surface area (Å²) in [6.45, 7) is 12.4. The predicted octanol–water partition coefficient (Wildman–Crippen LogP) is 3.81. The van der Waals surface area contributed by atoms with Crippen molar-refractivity contribution in [1.29, 1.82) is 0 Å². The zero-order valence-electron chi connectivity index (χ0n) is 16.6. The summed E-state index contributed by atoms with van der Waals surface area (Å²) in [7, 11) is 0. The standard InChI is InChI=1S/C21H30N2O2S/c1-20(2,3)16-10-7-15(8-11-16)9-12-18(24)23-14-26-13-17(23)19(25)22-21(4,5)6/h7-12,17H,13-14H2,1-6H3,(H,22,25). The summed E-state index contributed by atoms with van der Waals surface area (Å²) in [4.78, 5) is 26.7. The Kier molecular flexibility index (Phi) is 6.22. The summed E-state index contributed by atoms with van der Waals surface area (Å²) in [6, 6.07) is 7.82. The molecular formula is C21H30N2O2S. The van der Waals surface area contributed by atoms with E-state index < -0.39 is 6.04 Å². The van der Waals surface area contributed by atoms with Gasteiger partial charge in [-0.25, -0.2) is 0 Å². The van der Waals surface area contributed by atoms with E-state index in [0.717, 1.165) is 5.56 Å². The van der Waals surface area contributed by atoms with Crippen molar-refractivity contribution in [1.82, 2.24) is 10.2 Å². The maximum absolute atomic E-state index is 12.6. The number of nitrogens with zero attached hydrogens (tertiary/aromatic N) is 1. The number of hydrogen-bond donors (Lipinski definition) is 1. The molecule has 1 heterocycles. The lowest BCUT2D eigenvalue weighted by Gasteiger charge is -2.27. The van der Waals surface area contributed by atoms with Crippen molar-refractivity contribution in [3.8, 4) is 0 Å². The number of carbonyl (C=O) groups excluding carboxylic acids is 2. The molecule has 1 fully saturated rings. The van der Waals surface area contributed by atoms with Gasteiger partial charge in [-0.05, 0) is 43.4 Å². The number of benzene rings is 1. The Morgan fingerprint density at radius 2 is 1.73 bits per heavy atom. The molecule has 1 atom stereocenters. The lowest BCUT2D eigenvalue weighted by Crippen LogP contribution is -2.52. The molecule has 1 aliphatic rings. The summed E-state index contributed by atoms with van der Waals surface area (Å²) in [5, 5.41) is 2.97. The summed E-state index contributed by atoms with van der Waals surface area (Å²) in [5.74, 6) is 0.985. The first-order valence-electron chi connectivity index (χ1n) is 8.96. The maximum Gasteiger partial charge on any atom is 0.247 e. The van der Waals surface area contributed by atoms with Crippen LogP contribution in [0.15, 0.2) is 30.3 Å². The van der Waals surface area contributed by atoms with E-state index in [1.54, 1.807) is 22.7 Å². The fourth-order valence-electron chi connectivity index (χ4n) is 2.69. The van der Waals surface area contributed by atoms with Gasteiger partial charge in [-0.2, -0.15) is 0 Å². The van der Waals surface area contributed by atoms with Gasteiger partial charge >= 0.3 is 0 Å². The molecule has 1 aliphatic heterocycles. The van der Waals surface area contributed by atoms with Crippen LogP contribution in [0.25, 0.3) is 6.08 Å². The number of carbonyl (C=O) groups is 2. The SMILES string of the molecule is CC(C)(C)NC(=O)C1CSCN1C(=O)C=Cc1ccc(C(C)(C)C)cc1. The van der Waals surface area contributed by atoms with E-state index in [9.17, 15) is 9.59 Å². The summed E-state index contributed by atoms with van der Waals surface area (Å²) < 4.78 is 0. The number of hydrogen-bond acceptors (Lipinski definition) is 3. The van der Waals surface area contributed by atoms with Gasteiger partial charge in [0.25, 0.3) is 0 Å². The second-order valence-electron chi connectivity index (χ2n) is 8.77. The Balaban J connectivity index is 2.04. The van der Waals surface area contributed by atoms with Gasteiger partial charge in [-0.3, -0.25) is 9.59 Å². The minimum Gasteiger partial charge on any atom is -0.350 e. The third-order valence-corrected chi connectivity index (χ3v) is 5.17. The lowest BCUT2D eigenvalue weighted by atomic mass is 9.87. The first-order valence-corrected chi connectivity index (χ1v) is 10.1. The van der Waals surface area contributed by atoms with Gasteiger partial charge in [0.1, 0.15) is 6.04 Å². The summed E-state index contributed by atoms with van der Waals surface area (Å²) in [6.07, 6.45) is 3.38. The molecule has 0 bridgehead atoms. The van der Waals surface area contributed by atoms with Crippen LogP contribution in [0.2, 0.25) is 0 Å². The first-order chi connectivity index (χ1) is 12.0. The van der Waals surface area contributed by atoms with Crippen LogP contribution in [0.3, 0.4) is 0 Å². The van der Waals surface area contributed by atoms with Crippen molar-refractivity contribution in [3.05, 3.63) is 41.5 Å². The van der Waals surface area contributed by atoms with Crippen LogP contribution >= 0.6 is 11.8 Å². The molecule has 0 spiro atoms. The van der Waals surface area contributed by atoms with Crippen LogP contribution in [0.5, 0.6) is 0 Å². The predicted molar refractivity (Wildman–Crippen MR) is 110 cm³/mol. The van der Waals surface area contributed by atoms with Crippen LogP contribution in [0.4, 0.5) is 0 Å². The van der Waals surface area contributed by atoms with E-state index in [0.29, 0.717) is 11.6 Å². The number of rotatable bonds is 3. The molecule has 5 heteroatoms. The molecule has 4 nitrogen and oxygen atoms in total. The van der Waals surface area contributed by atoms with Crippen molar-refractivity contribution in [2.45, 2.75) is 58.5 Å². The van der Waals surface area contributed by atoms with Crippen molar-refractivity contribution in [2.24, 2.45) is 0 Å². The Morgan fingerprint density at radius 3 is 2.27 bits per heavy atom. The Bertz CT molecular complexity index is 681. The molecule has 142 valence electrons. The largest absolute Gasteiger partial charge is 0.350 e. The van der Waals surface area contributed by atoms with Gasteiger partial charge < -0.3 is 10.2 Å². The fraction of sp³-hybridized carbons (Fsp3) is 0.524. The zero-order valence-corrected chi connectivity index (χ0v) is 17.4. The van der Waals surface area contributed by atoms with Crippen LogP contribution in [-0.4, -0.2) is 39.9 Å². The molecule has 26 heavy (non-hydrogen) atoms. The molecule has 1 aromatic carbocycles. The van der Waals surface area contributed by atoms with E-state index in [4.69, 9.17) is 0 Å². The topological polar surface area (TPSA) is 49.4 Å². The fourth-order valence-corrected chi connectivity index (χ4v) is 3.85. The monoisotopic (exact) mass is 374 g/mol. The Morgan fingerprint density at radius 1 is 1.12 bits per heavy atom. The van der Waals surface area contributed by atoms with Crippen molar-refractivity contribution < 1.29 is 9.59 Å². The van der Waals surface area contributed by atoms with E-state index >= 15 is 0 Å². The number of amides is 2. The van der Waals surface area contributed by atoms with Gasteiger partial charge in [0.15, 0.2) is 0 Å². The molecule has 1 saturated heterocycles. The van der Waals surface area contributed by atoms with Crippen molar-refractivity contribution in [2.75, 3.05) is 11.6 Å². The van der Waals surface area contributed by atoms with Gasteiger partial charge in [0, 0.05) is 17.4 Å². The maximum atomic E-state index is 12.6. The molecule has 0 aliphatic carbocycles. The average Bonchev–Trinajstić information content (AvgIpc) is 3.00. The van der Waals surface area contributed by atoms with Crippen LogP contribution < -0.4 is 5.32 Å². The summed E-state index contributed by atoms with van der Waals surface area (Å²) >= 11 is 1.61. The molecule has 1 aromatic rings. The third-order valence-electron chi connectivity index (χ3n) is 4.16. The quantitative estimate of drug-likeness (QED) is 0.819. The van der Waals surface area contributed by atoms with Gasteiger partial charge in [0.2, 0.25) is 11.8 Å². The third kappa shape index (κ3) is 5.63. The highest BCUT2D eigenvalue weighted by atomic mass is 32.2. The smallest absolute Gasteiger partial charge is 0.247 e.